The standard InChI is InChI=1S/C15H23N3O3/c1-18(2)10-9-16-8-7-14(19)17-13-6-4-5-12(11-13)15(20)21-3/h4-6,11,16H,7-10H2,1-3H3,(H,17,19). The number of carbonyl (C=O) groups excluding carboxylic acids is 2. The van der Waals surface area contributed by atoms with Crippen molar-refractivity contribution in [3.05, 3.63) is 29.8 Å². The van der Waals surface area contributed by atoms with E-state index in [4.69, 9.17) is 0 Å². The molecular formula is C15H23N3O3. The Labute approximate surface area is 125 Å². The van der Waals surface area contributed by atoms with Crippen molar-refractivity contribution in [3.63, 3.8) is 0 Å². The summed E-state index contributed by atoms with van der Waals surface area (Å²) in [6.45, 7) is 2.40. The summed E-state index contributed by atoms with van der Waals surface area (Å²) in [6, 6.07) is 6.69. The van der Waals surface area contributed by atoms with Gasteiger partial charge in [-0.25, -0.2) is 4.79 Å². The Bertz CT molecular complexity index is 475. The summed E-state index contributed by atoms with van der Waals surface area (Å²) in [5.41, 5.74) is 1.01. The number of benzene rings is 1. The zero-order valence-electron chi connectivity index (χ0n) is 12.8. The van der Waals surface area contributed by atoms with E-state index in [1.807, 2.05) is 14.1 Å². The van der Waals surface area contributed by atoms with Crippen LogP contribution in [0.15, 0.2) is 24.3 Å². The quantitative estimate of drug-likeness (QED) is 0.552. The van der Waals surface area contributed by atoms with Gasteiger partial charge in [-0.15, -0.1) is 0 Å². The summed E-state index contributed by atoms with van der Waals surface area (Å²) in [5.74, 6) is -0.509. The maximum Gasteiger partial charge on any atom is 0.337 e. The van der Waals surface area contributed by atoms with Crippen LogP contribution in [0.4, 0.5) is 5.69 Å². The second-order valence-electron chi connectivity index (χ2n) is 4.92. The van der Waals surface area contributed by atoms with E-state index in [0.29, 0.717) is 24.2 Å². The molecule has 6 heteroatoms. The lowest BCUT2D eigenvalue weighted by Crippen LogP contribution is -2.29. The molecule has 0 spiro atoms. The number of ether oxygens (including phenoxy) is 1. The highest BCUT2D eigenvalue weighted by Crippen LogP contribution is 2.11. The Morgan fingerprint density at radius 1 is 1.24 bits per heavy atom. The molecule has 0 atom stereocenters. The third-order valence-electron chi connectivity index (χ3n) is 2.83. The topological polar surface area (TPSA) is 70.7 Å². The maximum atomic E-state index is 11.8. The van der Waals surface area contributed by atoms with Gasteiger partial charge in [0, 0.05) is 31.7 Å². The van der Waals surface area contributed by atoms with E-state index in [0.717, 1.165) is 13.1 Å². The minimum Gasteiger partial charge on any atom is -0.465 e. The first-order valence-corrected chi connectivity index (χ1v) is 6.86. The molecule has 6 nitrogen and oxygen atoms in total. The zero-order chi connectivity index (χ0) is 15.7. The predicted molar refractivity (Wildman–Crippen MR) is 82.5 cm³/mol. The maximum absolute atomic E-state index is 11.8. The Hall–Kier alpha value is -1.92. The van der Waals surface area contributed by atoms with Gasteiger partial charge in [0.25, 0.3) is 0 Å². The van der Waals surface area contributed by atoms with Crippen molar-refractivity contribution in [2.75, 3.05) is 46.2 Å². The molecule has 0 radical (unpaired) electrons. The summed E-state index contributed by atoms with van der Waals surface area (Å²) >= 11 is 0. The van der Waals surface area contributed by atoms with Crippen LogP contribution in [0.25, 0.3) is 0 Å². The summed E-state index contributed by atoms with van der Waals surface area (Å²) in [4.78, 5) is 25.3. The third kappa shape index (κ3) is 6.87. The molecule has 2 N–H and O–H groups in total. The molecule has 0 heterocycles. The van der Waals surface area contributed by atoms with Crippen LogP contribution < -0.4 is 10.6 Å². The van der Waals surface area contributed by atoms with Crippen LogP contribution in [0.3, 0.4) is 0 Å². The highest BCUT2D eigenvalue weighted by atomic mass is 16.5. The van der Waals surface area contributed by atoms with Crippen molar-refractivity contribution in [2.24, 2.45) is 0 Å². The van der Waals surface area contributed by atoms with Crippen LogP contribution in [-0.2, 0) is 9.53 Å². The lowest BCUT2D eigenvalue weighted by atomic mass is 10.2. The number of nitrogens with one attached hydrogen (secondary N) is 2. The normalized spacial score (nSPS) is 10.5. The van der Waals surface area contributed by atoms with Gasteiger partial charge >= 0.3 is 5.97 Å². The number of hydrogen-bond acceptors (Lipinski definition) is 5. The second kappa shape index (κ2) is 9.10. The molecule has 116 valence electrons. The number of amides is 1. The number of rotatable bonds is 8. The summed E-state index contributed by atoms with van der Waals surface area (Å²) in [6.07, 6.45) is 0.385. The number of esters is 1. The van der Waals surface area contributed by atoms with E-state index in [1.54, 1.807) is 24.3 Å². The second-order valence-corrected chi connectivity index (χ2v) is 4.92. The zero-order valence-corrected chi connectivity index (χ0v) is 12.8. The minimum absolute atomic E-state index is 0.0885. The number of methoxy groups -OCH3 is 1. The average Bonchev–Trinajstić information content (AvgIpc) is 2.46. The first kappa shape index (κ1) is 17.1. The van der Waals surface area contributed by atoms with Crippen LogP contribution >= 0.6 is 0 Å². The Morgan fingerprint density at radius 3 is 2.67 bits per heavy atom. The monoisotopic (exact) mass is 293 g/mol. The molecule has 0 bridgehead atoms. The van der Waals surface area contributed by atoms with Gasteiger partial charge in [-0.05, 0) is 32.3 Å². The number of likely N-dealkylation sites (N-methyl/N-ethyl adjacent to an activating group) is 1. The SMILES string of the molecule is COC(=O)c1cccc(NC(=O)CCNCCN(C)C)c1. The molecule has 1 amide bonds. The number of nitrogens with zero attached hydrogens (tertiary/aromatic N) is 1. The summed E-state index contributed by atoms with van der Waals surface area (Å²) in [5, 5.41) is 5.96. The molecule has 0 aliphatic carbocycles. The molecular weight excluding hydrogens is 270 g/mol. The largest absolute Gasteiger partial charge is 0.465 e. The van der Waals surface area contributed by atoms with Crippen LogP contribution in [0.1, 0.15) is 16.8 Å². The number of hydrogen-bond donors (Lipinski definition) is 2. The van der Waals surface area contributed by atoms with Crippen LogP contribution in [0.2, 0.25) is 0 Å². The van der Waals surface area contributed by atoms with E-state index < -0.39 is 5.97 Å². The summed E-state index contributed by atoms with van der Waals surface area (Å²) in [7, 11) is 5.33. The highest BCUT2D eigenvalue weighted by molar-refractivity contribution is 5.94. The molecule has 0 aliphatic heterocycles. The fourth-order valence-electron chi connectivity index (χ4n) is 1.69. The van der Waals surface area contributed by atoms with E-state index in [1.165, 1.54) is 7.11 Å². The van der Waals surface area contributed by atoms with Crippen molar-refractivity contribution in [1.82, 2.24) is 10.2 Å². The van der Waals surface area contributed by atoms with Crippen molar-refractivity contribution in [3.8, 4) is 0 Å². The number of anilines is 1. The van der Waals surface area contributed by atoms with E-state index in [-0.39, 0.29) is 5.91 Å². The van der Waals surface area contributed by atoms with E-state index >= 15 is 0 Å². The molecule has 0 saturated heterocycles. The van der Waals surface area contributed by atoms with Crippen molar-refractivity contribution in [2.45, 2.75) is 6.42 Å². The van der Waals surface area contributed by atoms with E-state index in [2.05, 4.69) is 20.3 Å². The molecule has 1 aromatic carbocycles. The smallest absolute Gasteiger partial charge is 0.337 e. The minimum atomic E-state index is -0.420. The van der Waals surface area contributed by atoms with Crippen molar-refractivity contribution in [1.29, 1.82) is 0 Å². The van der Waals surface area contributed by atoms with Gasteiger partial charge in [0.15, 0.2) is 0 Å². The lowest BCUT2D eigenvalue weighted by molar-refractivity contribution is -0.116. The Kier molecular flexibility index (Phi) is 7.42. The van der Waals surface area contributed by atoms with Gasteiger partial charge in [-0.3, -0.25) is 4.79 Å². The average molecular weight is 293 g/mol. The Balaban J connectivity index is 2.36. The molecule has 21 heavy (non-hydrogen) atoms. The molecule has 0 saturated carbocycles. The fraction of sp³-hybridized carbons (Fsp3) is 0.467. The highest BCUT2D eigenvalue weighted by Gasteiger charge is 2.07. The first-order chi connectivity index (χ1) is 10.0. The molecule has 1 rings (SSSR count). The van der Waals surface area contributed by atoms with E-state index in [9.17, 15) is 9.59 Å². The van der Waals surface area contributed by atoms with Gasteiger partial charge in [0.2, 0.25) is 5.91 Å². The van der Waals surface area contributed by atoms with Crippen molar-refractivity contribution < 1.29 is 14.3 Å². The molecule has 0 unspecified atom stereocenters. The van der Waals surface area contributed by atoms with Crippen LogP contribution in [0.5, 0.6) is 0 Å². The molecule has 0 aliphatic rings. The van der Waals surface area contributed by atoms with Gasteiger partial charge in [-0.2, -0.15) is 0 Å². The molecule has 0 fully saturated rings. The fourth-order valence-corrected chi connectivity index (χ4v) is 1.69. The summed E-state index contributed by atoms with van der Waals surface area (Å²) < 4.78 is 4.64. The van der Waals surface area contributed by atoms with Gasteiger partial charge in [0.05, 0.1) is 12.7 Å². The Morgan fingerprint density at radius 2 is 2.00 bits per heavy atom. The van der Waals surface area contributed by atoms with Gasteiger partial charge in [0.1, 0.15) is 0 Å². The number of carbonyl (C=O) groups is 2. The lowest BCUT2D eigenvalue weighted by Gasteiger charge is -2.10. The van der Waals surface area contributed by atoms with Gasteiger partial charge < -0.3 is 20.3 Å². The van der Waals surface area contributed by atoms with Crippen LogP contribution in [-0.4, -0.2) is 57.6 Å². The predicted octanol–water partition coefficient (Wildman–Crippen LogP) is 0.953. The first-order valence-electron chi connectivity index (χ1n) is 6.86. The van der Waals surface area contributed by atoms with Crippen molar-refractivity contribution >= 4 is 17.6 Å². The third-order valence-corrected chi connectivity index (χ3v) is 2.83. The van der Waals surface area contributed by atoms with Crippen LogP contribution in [0, 0.1) is 0 Å². The van der Waals surface area contributed by atoms with Gasteiger partial charge in [-0.1, -0.05) is 6.07 Å². The molecule has 1 aromatic rings. The molecule has 0 aromatic heterocycles.